The lowest BCUT2D eigenvalue weighted by atomic mass is 10.1. The zero-order valence-electron chi connectivity index (χ0n) is 13.0. The first-order valence-corrected chi connectivity index (χ1v) is 7.76. The normalized spacial score (nSPS) is 10.7. The van der Waals surface area contributed by atoms with Crippen LogP contribution in [0.4, 0.5) is 5.69 Å². The monoisotopic (exact) mass is 374 g/mol. The third-order valence-corrected chi connectivity index (χ3v) is 3.58. The van der Waals surface area contributed by atoms with Gasteiger partial charge >= 0.3 is 5.97 Å². The summed E-state index contributed by atoms with van der Waals surface area (Å²) in [5, 5.41) is 12.6. The fraction of sp³-hybridized carbons (Fsp3) is 0.0556. The first kappa shape index (κ1) is 18.5. The molecule has 0 saturated heterocycles. The summed E-state index contributed by atoms with van der Waals surface area (Å²) in [6.45, 7) is 0. The maximum absolute atomic E-state index is 12.4. The average molecular weight is 375 g/mol. The van der Waals surface area contributed by atoms with Crippen molar-refractivity contribution in [2.24, 2.45) is 0 Å². The molecule has 0 aliphatic carbocycles. The molecular formula is C18H12Cl2N2O3. The summed E-state index contributed by atoms with van der Waals surface area (Å²) in [5.74, 6) is -1.27. The Labute approximate surface area is 154 Å². The number of halogens is 2. The summed E-state index contributed by atoms with van der Waals surface area (Å²) in [5.41, 5.74) is 0.759. The Morgan fingerprint density at radius 1 is 1.16 bits per heavy atom. The Balaban J connectivity index is 2.31. The topological polar surface area (TPSA) is 79.2 Å². The summed E-state index contributed by atoms with van der Waals surface area (Å²) < 4.78 is 4.67. The number of para-hydroxylation sites is 1. The highest BCUT2D eigenvalue weighted by atomic mass is 35.5. The Morgan fingerprint density at radius 3 is 2.40 bits per heavy atom. The fourth-order valence-electron chi connectivity index (χ4n) is 2.04. The lowest BCUT2D eigenvalue weighted by Crippen LogP contribution is -2.16. The number of nitrogens with zero attached hydrogens (tertiary/aromatic N) is 1. The van der Waals surface area contributed by atoms with Crippen molar-refractivity contribution >= 4 is 46.8 Å². The van der Waals surface area contributed by atoms with Crippen LogP contribution in [-0.4, -0.2) is 19.0 Å². The maximum Gasteiger partial charge on any atom is 0.339 e. The van der Waals surface area contributed by atoms with E-state index in [1.165, 1.54) is 25.3 Å². The average Bonchev–Trinajstić information content (AvgIpc) is 2.58. The van der Waals surface area contributed by atoms with Crippen molar-refractivity contribution in [1.29, 1.82) is 5.26 Å². The van der Waals surface area contributed by atoms with E-state index in [0.717, 1.165) is 0 Å². The van der Waals surface area contributed by atoms with Crippen LogP contribution in [0, 0.1) is 11.3 Å². The largest absolute Gasteiger partial charge is 0.465 e. The van der Waals surface area contributed by atoms with Crippen molar-refractivity contribution in [1.82, 2.24) is 0 Å². The van der Waals surface area contributed by atoms with Gasteiger partial charge in [0.2, 0.25) is 0 Å². The van der Waals surface area contributed by atoms with Crippen LogP contribution in [-0.2, 0) is 9.53 Å². The summed E-state index contributed by atoms with van der Waals surface area (Å²) >= 11 is 11.8. The van der Waals surface area contributed by atoms with Crippen LogP contribution in [0.3, 0.4) is 0 Å². The van der Waals surface area contributed by atoms with Crippen LogP contribution in [0.15, 0.2) is 48.0 Å². The van der Waals surface area contributed by atoms with E-state index >= 15 is 0 Å². The third-order valence-electron chi connectivity index (χ3n) is 3.14. The molecule has 7 heteroatoms. The fourth-order valence-corrected chi connectivity index (χ4v) is 2.59. The highest BCUT2D eigenvalue weighted by Crippen LogP contribution is 2.22. The first-order chi connectivity index (χ1) is 11.9. The molecule has 0 bridgehead atoms. The van der Waals surface area contributed by atoms with Crippen molar-refractivity contribution in [3.8, 4) is 6.07 Å². The highest BCUT2D eigenvalue weighted by molar-refractivity contribution is 6.34. The van der Waals surface area contributed by atoms with Crippen LogP contribution in [0.1, 0.15) is 15.9 Å². The van der Waals surface area contributed by atoms with Gasteiger partial charge < -0.3 is 10.1 Å². The molecule has 0 spiro atoms. The number of anilines is 1. The quantitative estimate of drug-likeness (QED) is 0.490. The standard InChI is InChI=1S/C18H12Cl2N2O3/c1-25-18(24)15-4-2-3-5-16(15)22-17(23)12(10-21)6-11-7-13(19)9-14(20)8-11/h2-9H,1H3,(H,22,23). The number of benzene rings is 2. The molecule has 5 nitrogen and oxygen atoms in total. The van der Waals surface area contributed by atoms with Gasteiger partial charge in [0.25, 0.3) is 5.91 Å². The number of carbonyl (C=O) groups excluding carboxylic acids is 2. The van der Waals surface area contributed by atoms with E-state index in [1.807, 2.05) is 6.07 Å². The van der Waals surface area contributed by atoms with Gasteiger partial charge in [-0.05, 0) is 42.0 Å². The molecule has 2 aromatic carbocycles. The van der Waals surface area contributed by atoms with E-state index < -0.39 is 11.9 Å². The predicted octanol–water partition coefficient (Wildman–Crippen LogP) is 4.33. The van der Waals surface area contributed by atoms with Crippen LogP contribution in [0.2, 0.25) is 10.0 Å². The second kappa shape index (κ2) is 8.34. The molecule has 0 atom stereocenters. The van der Waals surface area contributed by atoms with Gasteiger partial charge in [-0.25, -0.2) is 4.79 Å². The highest BCUT2D eigenvalue weighted by Gasteiger charge is 2.16. The molecule has 0 radical (unpaired) electrons. The lowest BCUT2D eigenvalue weighted by molar-refractivity contribution is -0.112. The van der Waals surface area contributed by atoms with Crippen molar-refractivity contribution in [2.75, 3.05) is 12.4 Å². The molecule has 0 aliphatic rings. The van der Waals surface area contributed by atoms with E-state index in [9.17, 15) is 14.9 Å². The Hall–Kier alpha value is -2.81. The molecule has 1 N–H and O–H groups in total. The minimum absolute atomic E-state index is 0.169. The van der Waals surface area contributed by atoms with Crippen molar-refractivity contribution in [2.45, 2.75) is 0 Å². The number of methoxy groups -OCH3 is 1. The predicted molar refractivity (Wildman–Crippen MR) is 96.5 cm³/mol. The van der Waals surface area contributed by atoms with Crippen LogP contribution in [0.25, 0.3) is 6.08 Å². The molecule has 1 amide bonds. The van der Waals surface area contributed by atoms with Gasteiger partial charge in [0.1, 0.15) is 11.6 Å². The second-order valence-corrected chi connectivity index (χ2v) is 5.74. The number of rotatable bonds is 4. The van der Waals surface area contributed by atoms with Crippen molar-refractivity contribution in [3.05, 3.63) is 69.2 Å². The number of ether oxygens (including phenoxy) is 1. The molecule has 0 fully saturated rings. The molecule has 0 aromatic heterocycles. The number of esters is 1. The number of carbonyl (C=O) groups is 2. The Morgan fingerprint density at radius 2 is 1.80 bits per heavy atom. The molecule has 25 heavy (non-hydrogen) atoms. The zero-order valence-corrected chi connectivity index (χ0v) is 14.6. The number of nitrogens with one attached hydrogen (secondary N) is 1. The summed E-state index contributed by atoms with van der Waals surface area (Å²) in [7, 11) is 1.24. The van der Waals surface area contributed by atoms with Crippen LogP contribution < -0.4 is 5.32 Å². The van der Waals surface area contributed by atoms with E-state index in [2.05, 4.69) is 10.1 Å². The third kappa shape index (κ3) is 4.83. The first-order valence-electron chi connectivity index (χ1n) is 7.01. The van der Waals surface area contributed by atoms with Crippen LogP contribution in [0.5, 0.6) is 0 Å². The smallest absolute Gasteiger partial charge is 0.339 e. The van der Waals surface area contributed by atoms with E-state index in [-0.39, 0.29) is 16.8 Å². The van der Waals surface area contributed by atoms with E-state index in [4.69, 9.17) is 23.2 Å². The lowest BCUT2D eigenvalue weighted by Gasteiger charge is -2.09. The number of hydrogen-bond donors (Lipinski definition) is 1. The SMILES string of the molecule is COC(=O)c1ccccc1NC(=O)C(C#N)=Cc1cc(Cl)cc(Cl)c1. The maximum atomic E-state index is 12.4. The van der Waals surface area contributed by atoms with Crippen molar-refractivity contribution < 1.29 is 14.3 Å². The summed E-state index contributed by atoms with van der Waals surface area (Å²) in [6, 6.07) is 12.8. The van der Waals surface area contributed by atoms with Gasteiger partial charge in [0.15, 0.2) is 0 Å². The zero-order chi connectivity index (χ0) is 18.4. The molecule has 0 saturated carbocycles. The molecule has 0 heterocycles. The molecule has 2 aromatic rings. The molecule has 0 unspecified atom stereocenters. The number of amides is 1. The number of hydrogen-bond acceptors (Lipinski definition) is 4. The van der Waals surface area contributed by atoms with Crippen LogP contribution >= 0.6 is 23.2 Å². The minimum atomic E-state index is -0.671. The van der Waals surface area contributed by atoms with E-state index in [0.29, 0.717) is 15.6 Å². The Kier molecular flexibility index (Phi) is 6.18. The Bertz CT molecular complexity index is 881. The van der Waals surface area contributed by atoms with Crippen molar-refractivity contribution in [3.63, 3.8) is 0 Å². The molecule has 0 aliphatic heterocycles. The van der Waals surface area contributed by atoms with Gasteiger partial charge in [-0.3, -0.25) is 4.79 Å². The molecular weight excluding hydrogens is 363 g/mol. The van der Waals surface area contributed by atoms with Gasteiger partial charge in [0.05, 0.1) is 18.4 Å². The number of nitriles is 1. The van der Waals surface area contributed by atoms with Gasteiger partial charge in [0, 0.05) is 10.0 Å². The van der Waals surface area contributed by atoms with Gasteiger partial charge in [-0.15, -0.1) is 0 Å². The van der Waals surface area contributed by atoms with Gasteiger partial charge in [-0.1, -0.05) is 35.3 Å². The van der Waals surface area contributed by atoms with Gasteiger partial charge in [-0.2, -0.15) is 5.26 Å². The molecule has 126 valence electrons. The minimum Gasteiger partial charge on any atom is -0.465 e. The molecule has 2 rings (SSSR count). The second-order valence-electron chi connectivity index (χ2n) is 4.86. The van der Waals surface area contributed by atoms with E-state index in [1.54, 1.807) is 30.3 Å². The summed E-state index contributed by atoms with van der Waals surface area (Å²) in [4.78, 5) is 24.1. The summed E-state index contributed by atoms with van der Waals surface area (Å²) in [6.07, 6.45) is 1.36.